The molecule has 2 heterocycles. The Labute approximate surface area is 167 Å². The number of benzene rings is 2. The van der Waals surface area contributed by atoms with E-state index in [4.69, 9.17) is 0 Å². The number of imidazole rings is 1. The zero-order chi connectivity index (χ0) is 20.6. The maximum atomic E-state index is 13.4. The molecule has 29 heavy (non-hydrogen) atoms. The Kier molecular flexibility index (Phi) is 4.50. The lowest BCUT2D eigenvalue weighted by Gasteiger charge is -2.23. The number of hydrogen-bond acceptors (Lipinski definition) is 4. The highest BCUT2D eigenvalue weighted by molar-refractivity contribution is 6.01. The van der Waals surface area contributed by atoms with E-state index >= 15 is 0 Å². The van der Waals surface area contributed by atoms with Gasteiger partial charge in [-0.1, -0.05) is 36.4 Å². The molecular formula is C22H21N5O2. The van der Waals surface area contributed by atoms with Crippen LogP contribution in [-0.2, 0) is 5.54 Å². The van der Waals surface area contributed by atoms with Gasteiger partial charge in [0, 0.05) is 5.54 Å². The van der Waals surface area contributed by atoms with Gasteiger partial charge in [-0.05, 0) is 45.0 Å². The maximum absolute atomic E-state index is 13.4. The summed E-state index contributed by atoms with van der Waals surface area (Å²) < 4.78 is 2.83. The molecule has 0 atom stereocenters. The summed E-state index contributed by atoms with van der Waals surface area (Å²) in [5.41, 5.74) is 1.13. The van der Waals surface area contributed by atoms with E-state index in [0.29, 0.717) is 17.0 Å². The minimum atomic E-state index is -0.521. The minimum absolute atomic E-state index is 0.164. The highest BCUT2D eigenvalue weighted by Gasteiger charge is 2.24. The van der Waals surface area contributed by atoms with Crippen LogP contribution in [0.2, 0.25) is 0 Å². The summed E-state index contributed by atoms with van der Waals surface area (Å²) in [4.78, 5) is 36.6. The monoisotopic (exact) mass is 387 g/mol. The van der Waals surface area contributed by atoms with Crippen LogP contribution in [0.15, 0.2) is 78.1 Å². The molecule has 0 saturated carbocycles. The molecule has 0 aliphatic heterocycles. The number of nitrogens with zero attached hydrogens (tertiary/aromatic N) is 5. The molecule has 0 saturated heterocycles. The average molecular weight is 387 g/mol. The second kappa shape index (κ2) is 7.01. The van der Waals surface area contributed by atoms with Crippen molar-refractivity contribution in [2.75, 3.05) is 4.90 Å². The van der Waals surface area contributed by atoms with Gasteiger partial charge in [-0.2, -0.15) is 0 Å². The molecule has 0 bridgehead atoms. The van der Waals surface area contributed by atoms with E-state index in [-0.39, 0.29) is 11.1 Å². The topological polar surface area (TPSA) is 73.0 Å². The largest absolute Gasteiger partial charge is 0.341 e. The maximum Gasteiger partial charge on any atom is 0.341 e. The molecule has 4 rings (SSSR count). The number of fused-ring (bicyclic) bond motifs is 1. The van der Waals surface area contributed by atoms with E-state index in [2.05, 4.69) is 9.97 Å². The van der Waals surface area contributed by atoms with Gasteiger partial charge in [0.25, 0.3) is 5.56 Å². The van der Waals surface area contributed by atoms with Crippen LogP contribution >= 0.6 is 0 Å². The molecule has 7 nitrogen and oxygen atoms in total. The molecule has 0 unspecified atom stereocenters. The third-order valence-corrected chi connectivity index (χ3v) is 4.61. The number of carbonyl (C=O) groups excluding carboxylic acids is 1. The Balaban J connectivity index is 1.86. The van der Waals surface area contributed by atoms with Gasteiger partial charge in [0.1, 0.15) is 6.33 Å². The van der Waals surface area contributed by atoms with Gasteiger partial charge in [-0.15, -0.1) is 0 Å². The lowest BCUT2D eigenvalue weighted by Crippen LogP contribution is -2.37. The molecule has 2 aromatic heterocycles. The fraction of sp³-hybridized carbons (Fsp3) is 0.182. The predicted molar refractivity (Wildman–Crippen MR) is 113 cm³/mol. The van der Waals surface area contributed by atoms with Crippen LogP contribution in [-0.4, -0.2) is 25.1 Å². The van der Waals surface area contributed by atoms with Gasteiger partial charge in [0.2, 0.25) is 0 Å². The Morgan fingerprint density at radius 3 is 1.93 bits per heavy atom. The standard InChI is InChI=1S/C22H21N5O2/c1-22(2,3)26-15-23-18-19(26)24-14-25(20(18)28)21(29)27(16-10-6-4-7-11-16)17-12-8-5-9-13-17/h4-15H,1-3H3. The molecule has 2 aromatic carbocycles. The first kappa shape index (κ1) is 18.6. The summed E-state index contributed by atoms with van der Waals surface area (Å²) in [6.45, 7) is 6.00. The zero-order valence-corrected chi connectivity index (χ0v) is 16.5. The van der Waals surface area contributed by atoms with E-state index in [9.17, 15) is 9.59 Å². The van der Waals surface area contributed by atoms with Crippen molar-refractivity contribution in [3.8, 4) is 0 Å². The molecule has 0 radical (unpaired) electrons. The average Bonchev–Trinajstić information content (AvgIpc) is 3.16. The van der Waals surface area contributed by atoms with Crippen LogP contribution in [0.3, 0.4) is 0 Å². The summed E-state index contributed by atoms with van der Waals surface area (Å²) >= 11 is 0. The molecule has 4 aromatic rings. The second-order valence-electron chi connectivity index (χ2n) is 7.67. The summed E-state index contributed by atoms with van der Waals surface area (Å²) in [5.74, 6) is 0. The van der Waals surface area contributed by atoms with Crippen molar-refractivity contribution in [2.45, 2.75) is 26.3 Å². The molecule has 0 aliphatic carbocycles. The molecule has 0 fully saturated rings. The normalized spacial score (nSPS) is 11.6. The van der Waals surface area contributed by atoms with Crippen molar-refractivity contribution in [1.82, 2.24) is 19.1 Å². The number of carbonyl (C=O) groups is 1. The number of anilines is 2. The Morgan fingerprint density at radius 2 is 1.41 bits per heavy atom. The number of amides is 1. The molecule has 1 amide bonds. The van der Waals surface area contributed by atoms with E-state index < -0.39 is 11.6 Å². The smallest absolute Gasteiger partial charge is 0.310 e. The number of para-hydroxylation sites is 2. The van der Waals surface area contributed by atoms with Gasteiger partial charge in [-0.25, -0.2) is 19.3 Å². The molecule has 0 aliphatic rings. The van der Waals surface area contributed by atoms with Gasteiger partial charge in [0.15, 0.2) is 11.2 Å². The predicted octanol–water partition coefficient (Wildman–Crippen LogP) is 4.15. The number of rotatable bonds is 2. The summed E-state index contributed by atoms with van der Waals surface area (Å²) in [7, 11) is 0. The van der Waals surface area contributed by atoms with E-state index in [1.165, 1.54) is 11.2 Å². The summed E-state index contributed by atoms with van der Waals surface area (Å²) in [5, 5.41) is 0. The van der Waals surface area contributed by atoms with Crippen LogP contribution < -0.4 is 10.5 Å². The van der Waals surface area contributed by atoms with Gasteiger partial charge < -0.3 is 4.57 Å². The number of aromatic nitrogens is 4. The van der Waals surface area contributed by atoms with Gasteiger partial charge in [0.05, 0.1) is 17.7 Å². The van der Waals surface area contributed by atoms with E-state index in [1.54, 1.807) is 6.33 Å². The lowest BCUT2D eigenvalue weighted by atomic mass is 10.1. The quantitative estimate of drug-likeness (QED) is 0.518. The highest BCUT2D eigenvalue weighted by atomic mass is 16.2. The van der Waals surface area contributed by atoms with Crippen molar-refractivity contribution < 1.29 is 4.79 Å². The van der Waals surface area contributed by atoms with E-state index in [0.717, 1.165) is 4.57 Å². The first-order chi connectivity index (χ1) is 13.9. The Morgan fingerprint density at radius 1 is 0.862 bits per heavy atom. The minimum Gasteiger partial charge on any atom is -0.310 e. The molecule has 0 spiro atoms. The van der Waals surface area contributed by atoms with Crippen LogP contribution in [0.5, 0.6) is 0 Å². The van der Waals surface area contributed by atoms with Crippen molar-refractivity contribution >= 4 is 28.6 Å². The molecule has 0 N–H and O–H groups in total. The van der Waals surface area contributed by atoms with Crippen molar-refractivity contribution in [3.63, 3.8) is 0 Å². The lowest BCUT2D eigenvalue weighted by molar-refractivity contribution is 0.249. The zero-order valence-electron chi connectivity index (χ0n) is 16.5. The van der Waals surface area contributed by atoms with E-state index in [1.807, 2.05) is 86.0 Å². The molecule has 146 valence electrons. The third kappa shape index (κ3) is 3.31. The summed E-state index contributed by atoms with van der Waals surface area (Å²) in [6, 6.07) is 17.8. The van der Waals surface area contributed by atoms with Crippen molar-refractivity contribution in [1.29, 1.82) is 0 Å². The van der Waals surface area contributed by atoms with Gasteiger partial charge in [-0.3, -0.25) is 9.69 Å². The fourth-order valence-electron chi connectivity index (χ4n) is 3.15. The summed E-state index contributed by atoms with van der Waals surface area (Å²) in [6.07, 6.45) is 2.86. The number of hydrogen-bond donors (Lipinski definition) is 0. The first-order valence-corrected chi connectivity index (χ1v) is 9.27. The highest BCUT2D eigenvalue weighted by Crippen LogP contribution is 2.26. The van der Waals surface area contributed by atoms with Crippen molar-refractivity contribution in [2.24, 2.45) is 0 Å². The second-order valence-corrected chi connectivity index (χ2v) is 7.67. The Bertz CT molecular complexity index is 1180. The Hall–Kier alpha value is -3.74. The molecule has 7 heteroatoms. The van der Waals surface area contributed by atoms with Crippen LogP contribution in [0.4, 0.5) is 16.2 Å². The van der Waals surface area contributed by atoms with Crippen LogP contribution in [0.25, 0.3) is 11.2 Å². The first-order valence-electron chi connectivity index (χ1n) is 9.27. The van der Waals surface area contributed by atoms with Crippen molar-refractivity contribution in [3.05, 3.63) is 83.7 Å². The SMILES string of the molecule is CC(C)(C)n1cnc2c(=O)n(C(=O)N(c3ccccc3)c3ccccc3)cnc21. The molecular weight excluding hydrogens is 366 g/mol. The third-order valence-electron chi connectivity index (χ3n) is 4.61. The van der Waals surface area contributed by atoms with Crippen LogP contribution in [0, 0.1) is 0 Å². The van der Waals surface area contributed by atoms with Gasteiger partial charge >= 0.3 is 6.03 Å². The fourth-order valence-corrected chi connectivity index (χ4v) is 3.15. The van der Waals surface area contributed by atoms with Crippen LogP contribution in [0.1, 0.15) is 20.8 Å².